The first kappa shape index (κ1) is 17.5. The Morgan fingerprint density at radius 1 is 0.581 bits per heavy atom. The van der Waals surface area contributed by atoms with Gasteiger partial charge in [0.05, 0.1) is 21.9 Å². The van der Waals surface area contributed by atoms with Crippen LogP contribution in [0.25, 0.3) is 49.5 Å². The first-order chi connectivity index (χ1) is 15.2. The quantitative estimate of drug-likeness (QED) is 0.428. The van der Waals surface area contributed by atoms with Crippen LogP contribution in [0.3, 0.4) is 0 Å². The molecule has 4 aromatic carbocycles. The summed E-state index contributed by atoms with van der Waals surface area (Å²) in [7, 11) is 0. The van der Waals surface area contributed by atoms with Crippen LogP contribution in [0, 0.1) is 0 Å². The summed E-state index contributed by atoms with van der Waals surface area (Å²) in [4.78, 5) is 28.8. The van der Waals surface area contributed by atoms with Crippen molar-refractivity contribution in [1.82, 2.24) is 14.5 Å². The highest BCUT2D eigenvalue weighted by atomic mass is 16.2. The molecular formula is C26H17N3O2. The van der Waals surface area contributed by atoms with Crippen LogP contribution in [0.2, 0.25) is 0 Å². The number of aromatic amines is 2. The number of hydrogen-bond donors (Lipinski definition) is 2. The van der Waals surface area contributed by atoms with Gasteiger partial charge in [-0.25, -0.2) is 4.79 Å². The predicted molar refractivity (Wildman–Crippen MR) is 125 cm³/mol. The Balaban J connectivity index is 1.62. The summed E-state index contributed by atoms with van der Waals surface area (Å²) in [5.41, 5.74) is 4.96. The normalized spacial score (nSPS) is 11.5. The van der Waals surface area contributed by atoms with Crippen LogP contribution in [-0.2, 0) is 0 Å². The molecule has 0 fully saturated rings. The standard InChI is InChI=1S/C26H17N3O2/c30-25-21-15-16(10-12-22(21)27-26(31)28-25)17-11-13-24-20(14-17)19-8-4-5-9-23(19)29(24)18-6-2-1-3-7-18/h1-15H,(H2,27,28,30,31). The second-order valence-corrected chi connectivity index (χ2v) is 7.59. The minimum absolute atomic E-state index is 0.387. The van der Waals surface area contributed by atoms with Gasteiger partial charge in [0, 0.05) is 16.5 Å². The predicted octanol–water partition coefficient (Wildman–Crippen LogP) is 4.98. The van der Waals surface area contributed by atoms with Gasteiger partial charge >= 0.3 is 5.69 Å². The van der Waals surface area contributed by atoms with Crippen LogP contribution in [0.5, 0.6) is 0 Å². The molecule has 0 saturated heterocycles. The average Bonchev–Trinajstić information content (AvgIpc) is 3.13. The van der Waals surface area contributed by atoms with Crippen molar-refractivity contribution in [2.75, 3.05) is 0 Å². The lowest BCUT2D eigenvalue weighted by atomic mass is 10.0. The molecule has 5 nitrogen and oxygen atoms in total. The summed E-state index contributed by atoms with van der Waals surface area (Å²) in [6.07, 6.45) is 0. The van der Waals surface area contributed by atoms with Crippen molar-refractivity contribution >= 4 is 32.7 Å². The lowest BCUT2D eigenvalue weighted by Gasteiger charge is -2.08. The second kappa shape index (κ2) is 6.57. The summed E-state index contributed by atoms with van der Waals surface area (Å²) in [5, 5.41) is 2.78. The van der Waals surface area contributed by atoms with Gasteiger partial charge in [0.2, 0.25) is 0 Å². The van der Waals surface area contributed by atoms with E-state index >= 15 is 0 Å². The molecule has 0 saturated carbocycles. The Labute approximate surface area is 176 Å². The molecule has 0 bridgehead atoms. The van der Waals surface area contributed by atoms with Gasteiger partial charge < -0.3 is 9.55 Å². The summed E-state index contributed by atoms with van der Waals surface area (Å²) in [5.74, 6) is 0. The molecule has 2 N–H and O–H groups in total. The number of para-hydroxylation sites is 2. The number of nitrogens with one attached hydrogen (secondary N) is 2. The number of fused-ring (bicyclic) bond motifs is 4. The monoisotopic (exact) mass is 403 g/mol. The zero-order chi connectivity index (χ0) is 20.9. The van der Waals surface area contributed by atoms with Gasteiger partial charge in [-0.3, -0.25) is 9.78 Å². The molecule has 6 rings (SSSR count). The summed E-state index contributed by atoms with van der Waals surface area (Å²) < 4.78 is 2.27. The van der Waals surface area contributed by atoms with Gasteiger partial charge in [-0.05, 0) is 53.6 Å². The molecule has 0 radical (unpaired) electrons. The van der Waals surface area contributed by atoms with Crippen molar-refractivity contribution < 1.29 is 0 Å². The SMILES string of the molecule is O=c1[nH]c(=O)c2cc(-c3ccc4c(c3)c3ccccc3n4-c3ccccc3)ccc2[nH]1. The maximum Gasteiger partial charge on any atom is 0.326 e. The van der Waals surface area contributed by atoms with Gasteiger partial charge in [-0.15, -0.1) is 0 Å². The van der Waals surface area contributed by atoms with Crippen LogP contribution >= 0.6 is 0 Å². The first-order valence-electron chi connectivity index (χ1n) is 10.0. The van der Waals surface area contributed by atoms with Gasteiger partial charge in [0.1, 0.15) is 0 Å². The smallest absolute Gasteiger partial charge is 0.309 e. The number of rotatable bonds is 2. The van der Waals surface area contributed by atoms with Crippen LogP contribution in [0.15, 0.2) is 101 Å². The molecule has 0 atom stereocenters. The maximum absolute atomic E-state index is 12.3. The van der Waals surface area contributed by atoms with Crippen molar-refractivity contribution in [2.24, 2.45) is 0 Å². The van der Waals surface area contributed by atoms with Gasteiger partial charge in [-0.1, -0.05) is 48.5 Å². The van der Waals surface area contributed by atoms with Crippen molar-refractivity contribution in [2.45, 2.75) is 0 Å². The third kappa shape index (κ3) is 2.71. The van der Waals surface area contributed by atoms with E-state index in [1.165, 1.54) is 5.39 Å². The van der Waals surface area contributed by atoms with Crippen LogP contribution < -0.4 is 11.2 Å². The molecule has 0 aliphatic heterocycles. The van der Waals surface area contributed by atoms with E-state index in [1.54, 1.807) is 6.07 Å². The molecule has 2 heterocycles. The molecule has 0 unspecified atom stereocenters. The fourth-order valence-corrected chi connectivity index (χ4v) is 4.35. The van der Waals surface area contributed by atoms with E-state index < -0.39 is 5.69 Å². The Kier molecular flexibility index (Phi) is 3.70. The fraction of sp³-hybridized carbons (Fsp3) is 0. The number of hydrogen-bond acceptors (Lipinski definition) is 2. The minimum atomic E-state index is -0.500. The molecule has 148 valence electrons. The molecule has 5 heteroatoms. The average molecular weight is 403 g/mol. The lowest BCUT2D eigenvalue weighted by molar-refractivity contribution is 1.08. The highest BCUT2D eigenvalue weighted by molar-refractivity contribution is 6.10. The minimum Gasteiger partial charge on any atom is -0.309 e. The highest BCUT2D eigenvalue weighted by Gasteiger charge is 2.13. The van der Waals surface area contributed by atoms with Crippen LogP contribution in [-0.4, -0.2) is 14.5 Å². The van der Waals surface area contributed by atoms with E-state index in [0.717, 1.165) is 33.2 Å². The maximum atomic E-state index is 12.3. The Hall–Kier alpha value is -4.38. The zero-order valence-corrected chi connectivity index (χ0v) is 16.4. The molecule has 0 amide bonds. The fourth-order valence-electron chi connectivity index (χ4n) is 4.35. The first-order valence-corrected chi connectivity index (χ1v) is 10.0. The van der Waals surface area contributed by atoms with Crippen LogP contribution in [0.1, 0.15) is 0 Å². The Morgan fingerprint density at radius 3 is 2.10 bits per heavy atom. The third-order valence-electron chi connectivity index (χ3n) is 5.76. The highest BCUT2D eigenvalue weighted by Crippen LogP contribution is 2.35. The van der Waals surface area contributed by atoms with E-state index in [-0.39, 0.29) is 5.56 Å². The summed E-state index contributed by atoms with van der Waals surface area (Å²) in [6, 6.07) is 30.6. The van der Waals surface area contributed by atoms with E-state index in [4.69, 9.17) is 0 Å². The van der Waals surface area contributed by atoms with Crippen molar-refractivity contribution in [3.63, 3.8) is 0 Å². The molecule has 31 heavy (non-hydrogen) atoms. The number of aromatic nitrogens is 3. The van der Waals surface area contributed by atoms with Crippen molar-refractivity contribution in [3.8, 4) is 16.8 Å². The van der Waals surface area contributed by atoms with Gasteiger partial charge in [0.15, 0.2) is 0 Å². The lowest BCUT2D eigenvalue weighted by Crippen LogP contribution is -2.21. The molecular weight excluding hydrogens is 386 g/mol. The van der Waals surface area contributed by atoms with E-state index in [0.29, 0.717) is 10.9 Å². The largest absolute Gasteiger partial charge is 0.326 e. The molecule has 2 aromatic heterocycles. The molecule has 6 aromatic rings. The van der Waals surface area contributed by atoms with Crippen LogP contribution in [0.4, 0.5) is 0 Å². The summed E-state index contributed by atoms with van der Waals surface area (Å²) >= 11 is 0. The molecule has 0 aliphatic carbocycles. The molecule has 0 aliphatic rings. The Bertz CT molecular complexity index is 1720. The van der Waals surface area contributed by atoms with Gasteiger partial charge in [0.25, 0.3) is 5.56 Å². The third-order valence-corrected chi connectivity index (χ3v) is 5.76. The topological polar surface area (TPSA) is 70.7 Å². The van der Waals surface area contributed by atoms with Gasteiger partial charge in [-0.2, -0.15) is 0 Å². The second-order valence-electron chi connectivity index (χ2n) is 7.59. The Morgan fingerprint density at radius 2 is 1.26 bits per heavy atom. The number of H-pyrrole nitrogens is 2. The van der Waals surface area contributed by atoms with E-state index in [2.05, 4.69) is 69.1 Å². The molecule has 0 spiro atoms. The number of nitrogens with zero attached hydrogens (tertiary/aromatic N) is 1. The zero-order valence-electron chi connectivity index (χ0n) is 16.4. The summed E-state index contributed by atoms with van der Waals surface area (Å²) in [6.45, 7) is 0. The van der Waals surface area contributed by atoms with E-state index in [9.17, 15) is 9.59 Å². The van der Waals surface area contributed by atoms with E-state index in [1.807, 2.05) is 30.3 Å². The van der Waals surface area contributed by atoms with Crippen molar-refractivity contribution in [1.29, 1.82) is 0 Å². The number of benzene rings is 4. The van der Waals surface area contributed by atoms with Crippen molar-refractivity contribution in [3.05, 3.63) is 112 Å².